The molecule has 0 aliphatic rings. The lowest BCUT2D eigenvalue weighted by atomic mass is 10.0. The molecule has 2 nitrogen and oxygen atoms in total. The first kappa shape index (κ1) is 13.9. The van der Waals surface area contributed by atoms with Crippen molar-refractivity contribution in [3.8, 4) is 0 Å². The Kier molecular flexibility index (Phi) is 4.80. The number of benzene rings is 1. The lowest BCUT2D eigenvalue weighted by Crippen LogP contribution is -2.00. The fourth-order valence-corrected chi connectivity index (χ4v) is 2.06. The molecule has 1 aromatic carbocycles. The van der Waals surface area contributed by atoms with Crippen molar-refractivity contribution >= 4 is 17.3 Å². The minimum Gasteiger partial charge on any atom is -0.380 e. The van der Waals surface area contributed by atoms with Crippen LogP contribution in [0.2, 0.25) is 5.15 Å². The van der Waals surface area contributed by atoms with Gasteiger partial charge in [-0.15, -0.1) is 0 Å². The number of nitrogens with zero attached hydrogens (tertiary/aromatic N) is 1. The van der Waals surface area contributed by atoms with Gasteiger partial charge in [0.25, 0.3) is 0 Å². The summed E-state index contributed by atoms with van der Waals surface area (Å²) in [7, 11) is 0. The Bertz CT molecular complexity index is 503. The second-order valence-electron chi connectivity index (χ2n) is 5.14. The second kappa shape index (κ2) is 6.58. The Morgan fingerprint density at radius 3 is 2.32 bits per heavy atom. The predicted octanol–water partition coefficient (Wildman–Crippen LogP) is 4.55. The first-order valence-corrected chi connectivity index (χ1v) is 6.94. The van der Waals surface area contributed by atoms with Crippen molar-refractivity contribution in [3.63, 3.8) is 0 Å². The number of pyridine rings is 1. The average Bonchev–Trinajstić information content (AvgIpc) is 2.39. The van der Waals surface area contributed by atoms with Crippen LogP contribution in [-0.2, 0) is 13.0 Å². The highest BCUT2D eigenvalue weighted by atomic mass is 35.5. The lowest BCUT2D eigenvalue weighted by Gasteiger charge is -2.08. The molecule has 1 heterocycles. The monoisotopic (exact) mass is 274 g/mol. The third-order valence-electron chi connectivity index (χ3n) is 2.89. The molecule has 2 aromatic rings. The average molecular weight is 275 g/mol. The normalized spacial score (nSPS) is 10.7. The standard InChI is InChI=1S/C16H19ClN2/c1-12(2)9-13-3-5-14(6-4-13)10-18-15-7-8-16(17)19-11-15/h3-8,11-12,18H,9-10H2,1-2H3. The van der Waals surface area contributed by atoms with Crippen molar-refractivity contribution in [2.24, 2.45) is 5.92 Å². The van der Waals surface area contributed by atoms with E-state index in [1.54, 1.807) is 12.3 Å². The molecule has 100 valence electrons. The summed E-state index contributed by atoms with van der Waals surface area (Å²) in [6, 6.07) is 12.5. The zero-order valence-electron chi connectivity index (χ0n) is 11.4. The molecule has 0 radical (unpaired) electrons. The van der Waals surface area contributed by atoms with E-state index in [-0.39, 0.29) is 0 Å². The largest absolute Gasteiger partial charge is 0.380 e. The third-order valence-corrected chi connectivity index (χ3v) is 3.11. The lowest BCUT2D eigenvalue weighted by molar-refractivity contribution is 0.647. The van der Waals surface area contributed by atoms with E-state index in [9.17, 15) is 0 Å². The van der Waals surface area contributed by atoms with Crippen LogP contribution in [0.3, 0.4) is 0 Å². The summed E-state index contributed by atoms with van der Waals surface area (Å²) in [5.41, 5.74) is 3.64. The van der Waals surface area contributed by atoms with Gasteiger partial charge in [0.05, 0.1) is 11.9 Å². The maximum Gasteiger partial charge on any atom is 0.129 e. The molecule has 2 rings (SSSR count). The van der Waals surface area contributed by atoms with Crippen LogP contribution in [0, 0.1) is 5.92 Å². The molecule has 0 unspecified atom stereocenters. The SMILES string of the molecule is CC(C)Cc1ccc(CNc2ccc(Cl)nc2)cc1. The van der Waals surface area contributed by atoms with Crippen LogP contribution in [0.4, 0.5) is 5.69 Å². The predicted molar refractivity (Wildman–Crippen MR) is 81.6 cm³/mol. The van der Waals surface area contributed by atoms with E-state index >= 15 is 0 Å². The highest BCUT2D eigenvalue weighted by molar-refractivity contribution is 6.29. The Balaban J connectivity index is 1.91. The van der Waals surface area contributed by atoms with Gasteiger partial charge in [-0.1, -0.05) is 49.7 Å². The first-order chi connectivity index (χ1) is 9.13. The number of nitrogens with one attached hydrogen (secondary N) is 1. The van der Waals surface area contributed by atoms with E-state index in [0.29, 0.717) is 11.1 Å². The highest BCUT2D eigenvalue weighted by Gasteiger charge is 1.99. The topological polar surface area (TPSA) is 24.9 Å². The molecule has 19 heavy (non-hydrogen) atoms. The maximum atomic E-state index is 5.75. The molecule has 3 heteroatoms. The van der Waals surface area contributed by atoms with Gasteiger partial charge in [0.1, 0.15) is 5.15 Å². The molecule has 0 saturated heterocycles. The summed E-state index contributed by atoms with van der Waals surface area (Å²) in [4.78, 5) is 4.04. The molecular weight excluding hydrogens is 256 g/mol. The number of hydrogen-bond donors (Lipinski definition) is 1. The van der Waals surface area contributed by atoms with Crippen LogP contribution in [0.15, 0.2) is 42.6 Å². The van der Waals surface area contributed by atoms with Crippen molar-refractivity contribution in [1.29, 1.82) is 0 Å². The van der Waals surface area contributed by atoms with E-state index in [2.05, 4.69) is 48.4 Å². The van der Waals surface area contributed by atoms with E-state index in [1.165, 1.54) is 11.1 Å². The van der Waals surface area contributed by atoms with Crippen molar-refractivity contribution in [1.82, 2.24) is 4.98 Å². The number of anilines is 1. The fourth-order valence-electron chi connectivity index (χ4n) is 1.95. The smallest absolute Gasteiger partial charge is 0.129 e. The summed E-state index contributed by atoms with van der Waals surface area (Å²) < 4.78 is 0. The summed E-state index contributed by atoms with van der Waals surface area (Å²) >= 11 is 5.75. The van der Waals surface area contributed by atoms with Gasteiger partial charge in [-0.2, -0.15) is 0 Å². The molecule has 1 N–H and O–H groups in total. The summed E-state index contributed by atoms with van der Waals surface area (Å²) in [5, 5.41) is 3.84. The number of halogens is 1. The second-order valence-corrected chi connectivity index (χ2v) is 5.52. The maximum absolute atomic E-state index is 5.75. The zero-order valence-corrected chi connectivity index (χ0v) is 12.1. The highest BCUT2D eigenvalue weighted by Crippen LogP contribution is 2.13. The molecule has 0 aliphatic carbocycles. The Morgan fingerprint density at radius 2 is 1.74 bits per heavy atom. The summed E-state index contributed by atoms with van der Waals surface area (Å²) in [6.07, 6.45) is 2.88. The summed E-state index contributed by atoms with van der Waals surface area (Å²) in [6.45, 7) is 5.28. The minimum absolute atomic E-state index is 0.517. The van der Waals surface area contributed by atoms with E-state index in [4.69, 9.17) is 11.6 Å². The van der Waals surface area contributed by atoms with Gasteiger partial charge in [0.15, 0.2) is 0 Å². The molecule has 0 spiro atoms. The molecule has 1 aromatic heterocycles. The van der Waals surface area contributed by atoms with Crippen molar-refractivity contribution in [2.75, 3.05) is 5.32 Å². The van der Waals surface area contributed by atoms with Crippen LogP contribution in [0.1, 0.15) is 25.0 Å². The van der Waals surface area contributed by atoms with Gasteiger partial charge in [-0.05, 0) is 35.6 Å². The first-order valence-electron chi connectivity index (χ1n) is 6.57. The van der Waals surface area contributed by atoms with E-state index < -0.39 is 0 Å². The van der Waals surface area contributed by atoms with Crippen molar-refractivity contribution < 1.29 is 0 Å². The van der Waals surface area contributed by atoms with Gasteiger partial charge in [0.2, 0.25) is 0 Å². The Labute approximate surface area is 119 Å². The third kappa shape index (κ3) is 4.56. The Morgan fingerprint density at radius 1 is 1.05 bits per heavy atom. The minimum atomic E-state index is 0.517. The van der Waals surface area contributed by atoms with E-state index in [0.717, 1.165) is 18.7 Å². The number of hydrogen-bond acceptors (Lipinski definition) is 2. The van der Waals surface area contributed by atoms with Gasteiger partial charge < -0.3 is 5.32 Å². The Hall–Kier alpha value is -1.54. The molecule has 0 atom stereocenters. The van der Waals surface area contributed by atoms with Crippen LogP contribution in [0.5, 0.6) is 0 Å². The number of rotatable bonds is 5. The number of aromatic nitrogens is 1. The molecule has 0 aliphatic heterocycles. The van der Waals surface area contributed by atoms with Gasteiger partial charge in [-0.25, -0.2) is 4.98 Å². The van der Waals surface area contributed by atoms with Crippen LogP contribution >= 0.6 is 11.6 Å². The van der Waals surface area contributed by atoms with Gasteiger partial charge in [0, 0.05) is 6.54 Å². The van der Waals surface area contributed by atoms with Crippen LogP contribution in [0.25, 0.3) is 0 Å². The van der Waals surface area contributed by atoms with Crippen molar-refractivity contribution in [2.45, 2.75) is 26.8 Å². The quantitative estimate of drug-likeness (QED) is 0.810. The van der Waals surface area contributed by atoms with Crippen LogP contribution < -0.4 is 5.32 Å². The fraction of sp³-hybridized carbons (Fsp3) is 0.312. The van der Waals surface area contributed by atoms with Crippen LogP contribution in [-0.4, -0.2) is 4.98 Å². The zero-order chi connectivity index (χ0) is 13.7. The van der Waals surface area contributed by atoms with Gasteiger partial charge in [-0.3, -0.25) is 0 Å². The van der Waals surface area contributed by atoms with Crippen molar-refractivity contribution in [3.05, 3.63) is 58.9 Å². The van der Waals surface area contributed by atoms with Gasteiger partial charge >= 0.3 is 0 Å². The molecule has 0 saturated carbocycles. The molecule has 0 fully saturated rings. The molecule has 0 amide bonds. The summed E-state index contributed by atoms with van der Waals surface area (Å²) in [5.74, 6) is 0.698. The molecular formula is C16H19ClN2. The molecule has 0 bridgehead atoms. The van der Waals surface area contributed by atoms with E-state index in [1.807, 2.05) is 6.07 Å².